The van der Waals surface area contributed by atoms with Crippen LogP contribution in [0, 0.1) is 0 Å². The summed E-state index contributed by atoms with van der Waals surface area (Å²) in [5.41, 5.74) is 1.88. The molecule has 25 heavy (non-hydrogen) atoms. The minimum absolute atomic E-state index is 0.252. The Morgan fingerprint density at radius 3 is 2.44 bits per heavy atom. The average molecular weight is 378 g/mol. The van der Waals surface area contributed by atoms with E-state index in [1.165, 1.54) is 30.3 Å². The molecule has 0 bridgehead atoms. The van der Waals surface area contributed by atoms with Crippen LogP contribution in [-0.4, -0.2) is 26.8 Å². The predicted molar refractivity (Wildman–Crippen MR) is 100.0 cm³/mol. The third kappa shape index (κ3) is 3.92. The maximum absolute atomic E-state index is 11.5. The largest absolute Gasteiger partial charge is 0.494 e. The summed E-state index contributed by atoms with van der Waals surface area (Å²) in [6.07, 6.45) is 1.17. The number of nitrogens with one attached hydrogen (secondary N) is 1. The van der Waals surface area contributed by atoms with Crippen molar-refractivity contribution in [2.45, 2.75) is 10.6 Å². The fourth-order valence-electron chi connectivity index (χ4n) is 2.52. The van der Waals surface area contributed by atoms with Crippen molar-refractivity contribution < 1.29 is 17.9 Å². The number of aromatic nitrogens is 1. The van der Waals surface area contributed by atoms with Crippen LogP contribution >= 0.6 is 11.9 Å². The monoisotopic (exact) mass is 378 g/mol. The molecule has 0 amide bonds. The molecule has 0 atom stereocenters. The van der Waals surface area contributed by atoms with Gasteiger partial charge in [-0.1, -0.05) is 11.9 Å². The molecule has 6 nitrogen and oxygen atoms in total. The Balaban J connectivity index is 1.93. The molecular weight excluding hydrogens is 360 g/mol. The van der Waals surface area contributed by atoms with Gasteiger partial charge in [-0.05, 0) is 36.4 Å². The second-order valence-electron chi connectivity index (χ2n) is 5.54. The molecule has 0 aliphatic carbocycles. The third-order valence-electron chi connectivity index (χ3n) is 3.67. The van der Waals surface area contributed by atoms with Gasteiger partial charge in [0.15, 0.2) is 9.84 Å². The Bertz CT molecular complexity index is 995. The van der Waals surface area contributed by atoms with Gasteiger partial charge in [0.25, 0.3) is 0 Å². The Hall–Kier alpha value is -2.16. The summed E-state index contributed by atoms with van der Waals surface area (Å²) in [6, 6.07) is 12.0. The maximum Gasteiger partial charge on any atom is 0.175 e. The summed E-state index contributed by atoms with van der Waals surface area (Å²) in [7, 11) is -1.63. The second-order valence-corrected chi connectivity index (χ2v) is 8.18. The molecule has 0 radical (unpaired) electrons. The molecule has 3 aromatic rings. The highest BCUT2D eigenvalue weighted by Crippen LogP contribution is 2.34. The van der Waals surface area contributed by atoms with Crippen LogP contribution in [0.3, 0.4) is 0 Å². The zero-order valence-electron chi connectivity index (χ0n) is 13.8. The Labute approximate surface area is 150 Å². The highest BCUT2D eigenvalue weighted by Gasteiger charge is 2.11. The Kier molecular flexibility index (Phi) is 4.94. The fraction of sp³-hybridized carbons (Fsp3) is 0.176. The van der Waals surface area contributed by atoms with Gasteiger partial charge < -0.3 is 14.5 Å². The number of fused-ring (bicyclic) bond motifs is 1. The van der Waals surface area contributed by atoms with Crippen molar-refractivity contribution in [2.75, 3.05) is 13.4 Å². The lowest BCUT2D eigenvalue weighted by Gasteiger charge is -2.09. The first-order chi connectivity index (χ1) is 11.9. The zero-order valence-corrected chi connectivity index (χ0v) is 15.4. The van der Waals surface area contributed by atoms with E-state index in [0.29, 0.717) is 23.0 Å². The topological polar surface area (TPSA) is 94.4 Å². The highest BCUT2D eigenvalue weighted by molar-refractivity contribution is 7.96. The summed E-state index contributed by atoms with van der Waals surface area (Å²) < 4.78 is 34.3. The molecule has 3 rings (SSSR count). The average Bonchev–Trinajstić information content (AvgIpc) is 2.96. The Morgan fingerprint density at radius 1 is 1.12 bits per heavy atom. The van der Waals surface area contributed by atoms with Crippen molar-refractivity contribution in [3.63, 3.8) is 0 Å². The first-order valence-electron chi connectivity index (χ1n) is 7.40. The summed E-state index contributed by atoms with van der Waals surface area (Å²) in [4.78, 5) is 3.54. The van der Waals surface area contributed by atoms with E-state index in [2.05, 4.69) is 4.98 Å². The molecule has 0 spiro atoms. The number of rotatable bonds is 6. The van der Waals surface area contributed by atoms with Gasteiger partial charge in [-0.3, -0.25) is 5.14 Å². The zero-order chi connectivity index (χ0) is 18.0. The van der Waals surface area contributed by atoms with E-state index in [4.69, 9.17) is 14.6 Å². The minimum atomic E-state index is -3.23. The standard InChI is InChI=1S/C17H18N2O4S2/c1-22-16-9-14(8-11-7-12(10-24-18)19-17(11)16)23-13-3-5-15(6-4-13)25(2,20)21/h3-9,19H,10,18H2,1-2H3. The molecule has 0 saturated carbocycles. The number of sulfone groups is 1. The van der Waals surface area contributed by atoms with Gasteiger partial charge in [0.05, 0.1) is 17.5 Å². The van der Waals surface area contributed by atoms with E-state index in [1.54, 1.807) is 25.3 Å². The van der Waals surface area contributed by atoms with Crippen LogP contribution in [0.25, 0.3) is 10.9 Å². The molecule has 0 aliphatic heterocycles. The minimum Gasteiger partial charge on any atom is -0.494 e. The number of H-pyrrole nitrogens is 1. The van der Waals surface area contributed by atoms with Crippen LogP contribution in [0.2, 0.25) is 0 Å². The molecule has 0 aliphatic rings. The maximum atomic E-state index is 11.5. The van der Waals surface area contributed by atoms with Crippen molar-refractivity contribution in [2.24, 2.45) is 5.14 Å². The van der Waals surface area contributed by atoms with Gasteiger partial charge in [-0.2, -0.15) is 0 Å². The van der Waals surface area contributed by atoms with Crippen molar-refractivity contribution >= 4 is 32.7 Å². The SMILES string of the molecule is COc1cc(Oc2ccc(S(C)(=O)=O)cc2)cc2cc(CSN)[nH]c12. The number of nitrogens with two attached hydrogens (primary N) is 1. The lowest BCUT2D eigenvalue weighted by atomic mass is 10.2. The molecule has 2 aromatic carbocycles. The number of hydrogen-bond donors (Lipinski definition) is 2. The summed E-state index contributed by atoms with van der Waals surface area (Å²) in [5.74, 6) is 2.47. The highest BCUT2D eigenvalue weighted by atomic mass is 32.2. The fourth-order valence-corrected chi connectivity index (χ4v) is 3.49. The van der Waals surface area contributed by atoms with Gasteiger partial charge in [0.1, 0.15) is 17.2 Å². The quantitative estimate of drug-likeness (QED) is 0.638. The molecule has 1 aromatic heterocycles. The number of ether oxygens (including phenoxy) is 2. The van der Waals surface area contributed by atoms with Crippen LogP contribution in [0.15, 0.2) is 47.4 Å². The van der Waals surface area contributed by atoms with Crippen molar-refractivity contribution in [1.29, 1.82) is 0 Å². The van der Waals surface area contributed by atoms with Gasteiger partial charge in [0.2, 0.25) is 0 Å². The number of aromatic amines is 1. The predicted octanol–water partition coefficient (Wildman–Crippen LogP) is 3.48. The second kappa shape index (κ2) is 6.99. The molecule has 132 valence electrons. The molecule has 8 heteroatoms. The van der Waals surface area contributed by atoms with Crippen LogP contribution < -0.4 is 14.6 Å². The van der Waals surface area contributed by atoms with Gasteiger partial charge >= 0.3 is 0 Å². The van der Waals surface area contributed by atoms with Gasteiger partial charge in [-0.15, -0.1) is 0 Å². The van der Waals surface area contributed by atoms with Crippen LogP contribution in [-0.2, 0) is 15.6 Å². The van der Waals surface area contributed by atoms with E-state index in [-0.39, 0.29) is 4.90 Å². The van der Waals surface area contributed by atoms with Crippen molar-refractivity contribution in [1.82, 2.24) is 4.98 Å². The smallest absolute Gasteiger partial charge is 0.175 e. The molecule has 3 N–H and O–H groups in total. The summed E-state index contributed by atoms with van der Waals surface area (Å²) >= 11 is 1.24. The van der Waals surface area contributed by atoms with Crippen molar-refractivity contribution in [3.8, 4) is 17.2 Å². The van der Waals surface area contributed by atoms with E-state index < -0.39 is 9.84 Å². The number of benzene rings is 2. The first kappa shape index (κ1) is 17.7. The lowest BCUT2D eigenvalue weighted by molar-refractivity contribution is 0.413. The third-order valence-corrected chi connectivity index (χ3v) is 5.27. The van der Waals surface area contributed by atoms with Crippen molar-refractivity contribution in [3.05, 3.63) is 48.2 Å². The molecule has 0 saturated heterocycles. The summed E-state index contributed by atoms with van der Waals surface area (Å²) in [6.45, 7) is 0. The van der Waals surface area contributed by atoms with Crippen LogP contribution in [0.4, 0.5) is 0 Å². The normalized spacial score (nSPS) is 11.6. The molecule has 1 heterocycles. The molecule has 0 fully saturated rings. The number of methoxy groups -OCH3 is 1. The van der Waals surface area contributed by atoms with E-state index in [9.17, 15) is 8.42 Å². The van der Waals surface area contributed by atoms with Gasteiger partial charge in [0, 0.05) is 29.2 Å². The van der Waals surface area contributed by atoms with Crippen LogP contribution in [0.5, 0.6) is 17.2 Å². The number of hydrogen-bond acceptors (Lipinski definition) is 6. The van der Waals surface area contributed by atoms with Gasteiger partial charge in [-0.25, -0.2) is 8.42 Å². The molecular formula is C17H18N2O4S2. The molecule has 0 unspecified atom stereocenters. The van der Waals surface area contributed by atoms with Crippen LogP contribution in [0.1, 0.15) is 5.69 Å². The van der Waals surface area contributed by atoms with E-state index >= 15 is 0 Å². The van der Waals surface area contributed by atoms with E-state index in [0.717, 1.165) is 16.6 Å². The van der Waals surface area contributed by atoms with E-state index in [1.807, 2.05) is 12.1 Å². The summed E-state index contributed by atoms with van der Waals surface area (Å²) in [5, 5.41) is 6.48. The Morgan fingerprint density at radius 2 is 1.84 bits per heavy atom. The first-order valence-corrected chi connectivity index (χ1v) is 10.3. The lowest BCUT2D eigenvalue weighted by Crippen LogP contribution is -1.96.